The van der Waals surface area contributed by atoms with Crippen molar-refractivity contribution in [2.45, 2.75) is 6.04 Å². The van der Waals surface area contributed by atoms with Gasteiger partial charge in [-0.3, -0.25) is 14.5 Å². The van der Waals surface area contributed by atoms with Crippen molar-refractivity contribution in [1.29, 1.82) is 0 Å². The molecule has 0 bridgehead atoms. The summed E-state index contributed by atoms with van der Waals surface area (Å²) in [4.78, 5) is 25.8. The summed E-state index contributed by atoms with van der Waals surface area (Å²) in [6.07, 6.45) is 0. The predicted molar refractivity (Wildman–Crippen MR) is 80.8 cm³/mol. The maximum Gasteiger partial charge on any atom is 0.249 e. The van der Waals surface area contributed by atoms with E-state index in [0.717, 1.165) is 5.56 Å². The third-order valence-electron chi connectivity index (χ3n) is 3.46. The molecular weight excluding hydrogens is 266 g/mol. The molecule has 0 saturated heterocycles. The number of carbonyl (C=O) groups is 2. The first-order valence-electron chi connectivity index (χ1n) is 6.67. The molecule has 1 aliphatic rings. The number of rotatable bonds is 2. The highest BCUT2D eigenvalue weighted by Gasteiger charge is 2.30. The number of nitrogens with one attached hydrogen (secondary N) is 1. The Labute approximate surface area is 122 Å². The first-order chi connectivity index (χ1) is 10.2. The molecule has 0 aromatic heterocycles. The molecule has 1 heterocycles. The van der Waals surface area contributed by atoms with Crippen LogP contribution in [0.15, 0.2) is 54.6 Å². The summed E-state index contributed by atoms with van der Waals surface area (Å²) in [5.41, 5.74) is 8.08. The summed E-state index contributed by atoms with van der Waals surface area (Å²) in [5.74, 6) is -0.509. The Kier molecular flexibility index (Phi) is 3.41. The van der Waals surface area contributed by atoms with Crippen molar-refractivity contribution < 1.29 is 9.59 Å². The Balaban J connectivity index is 1.93. The maximum atomic E-state index is 12.6. The molecule has 2 aromatic rings. The molecule has 2 aromatic carbocycles. The molecule has 1 aliphatic heterocycles. The number of carbonyl (C=O) groups excluding carboxylic acids is 2. The number of nitrogens with zero attached hydrogens (tertiary/aromatic N) is 1. The first-order valence-corrected chi connectivity index (χ1v) is 6.67. The highest BCUT2D eigenvalue weighted by atomic mass is 16.2. The van der Waals surface area contributed by atoms with Gasteiger partial charge in [-0.05, 0) is 17.7 Å². The number of hydrogen-bond acceptors (Lipinski definition) is 3. The number of benzene rings is 2. The minimum Gasteiger partial charge on any atom is -0.323 e. The summed E-state index contributed by atoms with van der Waals surface area (Å²) in [5, 5.41) is 2.75. The molecule has 106 valence electrons. The van der Waals surface area contributed by atoms with Crippen LogP contribution in [0.2, 0.25) is 0 Å². The van der Waals surface area contributed by atoms with Crippen LogP contribution >= 0.6 is 0 Å². The second kappa shape index (κ2) is 5.38. The van der Waals surface area contributed by atoms with Crippen LogP contribution in [0.25, 0.3) is 0 Å². The fraction of sp³-hybridized carbons (Fsp3) is 0.125. The molecule has 3 N–H and O–H groups in total. The lowest BCUT2D eigenvalue weighted by atomic mass is 10.1. The highest BCUT2D eigenvalue weighted by Crippen LogP contribution is 2.30. The van der Waals surface area contributed by atoms with E-state index in [1.165, 1.54) is 4.90 Å². The molecule has 0 aliphatic carbocycles. The minimum absolute atomic E-state index is 0.0175. The number of para-hydroxylation sites is 2. The van der Waals surface area contributed by atoms with Crippen LogP contribution in [-0.4, -0.2) is 18.4 Å². The van der Waals surface area contributed by atoms with Gasteiger partial charge in [0.25, 0.3) is 0 Å². The first kappa shape index (κ1) is 13.3. The van der Waals surface area contributed by atoms with Crippen LogP contribution in [0.3, 0.4) is 0 Å². The topological polar surface area (TPSA) is 75.4 Å². The molecule has 5 nitrogen and oxygen atoms in total. The third-order valence-corrected chi connectivity index (χ3v) is 3.46. The van der Waals surface area contributed by atoms with Gasteiger partial charge in [0, 0.05) is 0 Å². The molecule has 0 unspecified atom stereocenters. The van der Waals surface area contributed by atoms with Gasteiger partial charge >= 0.3 is 0 Å². The molecule has 0 fully saturated rings. The van der Waals surface area contributed by atoms with Crippen LogP contribution in [0.1, 0.15) is 11.6 Å². The smallest absolute Gasteiger partial charge is 0.249 e. The molecule has 0 spiro atoms. The largest absolute Gasteiger partial charge is 0.323 e. The number of hydrogen-bond donors (Lipinski definition) is 2. The molecule has 21 heavy (non-hydrogen) atoms. The predicted octanol–water partition coefficient (Wildman–Crippen LogP) is 1.67. The van der Waals surface area contributed by atoms with Crippen molar-refractivity contribution >= 4 is 23.2 Å². The second-order valence-electron chi connectivity index (χ2n) is 4.88. The normalized spacial score (nSPS) is 15.1. The van der Waals surface area contributed by atoms with E-state index in [4.69, 9.17) is 5.73 Å². The van der Waals surface area contributed by atoms with Gasteiger partial charge < -0.3 is 11.1 Å². The summed E-state index contributed by atoms with van der Waals surface area (Å²) in [6, 6.07) is 15.5. The maximum absolute atomic E-state index is 12.6. The number of nitrogens with two attached hydrogens (primary N) is 1. The van der Waals surface area contributed by atoms with Crippen molar-refractivity contribution in [3.05, 3.63) is 60.2 Å². The molecule has 0 saturated carbocycles. The molecule has 5 heteroatoms. The quantitative estimate of drug-likeness (QED) is 0.879. The van der Waals surface area contributed by atoms with Crippen molar-refractivity contribution in [3.63, 3.8) is 0 Å². The minimum atomic E-state index is -0.787. The van der Waals surface area contributed by atoms with Crippen LogP contribution in [-0.2, 0) is 9.59 Å². The van der Waals surface area contributed by atoms with Crippen molar-refractivity contribution in [3.8, 4) is 0 Å². The van der Waals surface area contributed by atoms with Gasteiger partial charge in [0.1, 0.15) is 12.6 Å². The number of amides is 2. The Bertz CT molecular complexity index is 685. The van der Waals surface area contributed by atoms with E-state index in [1.807, 2.05) is 30.3 Å². The standard InChI is InChI=1S/C16H15N3O2/c17-15(11-6-2-1-3-7-11)16(21)19-10-14(20)18-12-8-4-5-9-13(12)19/h1-9,15H,10,17H2,(H,18,20)/t15-/m1/s1. The Morgan fingerprint density at radius 2 is 1.76 bits per heavy atom. The van der Waals surface area contributed by atoms with Gasteiger partial charge in [0.15, 0.2) is 0 Å². The Morgan fingerprint density at radius 3 is 2.52 bits per heavy atom. The van der Waals surface area contributed by atoms with Crippen molar-refractivity contribution in [2.24, 2.45) is 5.73 Å². The average molecular weight is 281 g/mol. The van der Waals surface area contributed by atoms with Crippen molar-refractivity contribution in [2.75, 3.05) is 16.8 Å². The zero-order valence-electron chi connectivity index (χ0n) is 11.3. The van der Waals surface area contributed by atoms with Crippen LogP contribution < -0.4 is 16.0 Å². The summed E-state index contributed by atoms with van der Waals surface area (Å²) in [7, 11) is 0. The summed E-state index contributed by atoms with van der Waals surface area (Å²) in [6.45, 7) is -0.0175. The molecular formula is C16H15N3O2. The van der Waals surface area contributed by atoms with E-state index in [0.29, 0.717) is 11.4 Å². The van der Waals surface area contributed by atoms with Gasteiger partial charge in [-0.25, -0.2) is 0 Å². The zero-order valence-corrected chi connectivity index (χ0v) is 11.3. The lowest BCUT2D eigenvalue weighted by Crippen LogP contribution is -2.46. The summed E-state index contributed by atoms with van der Waals surface area (Å²) < 4.78 is 0. The van der Waals surface area contributed by atoms with Gasteiger partial charge in [0.05, 0.1) is 11.4 Å². The second-order valence-corrected chi connectivity index (χ2v) is 4.88. The Morgan fingerprint density at radius 1 is 1.10 bits per heavy atom. The molecule has 2 amide bonds. The van der Waals surface area contributed by atoms with Gasteiger partial charge in [0.2, 0.25) is 11.8 Å². The van der Waals surface area contributed by atoms with E-state index in [9.17, 15) is 9.59 Å². The number of fused-ring (bicyclic) bond motifs is 1. The van der Waals surface area contributed by atoms with Gasteiger partial charge in [-0.2, -0.15) is 0 Å². The van der Waals surface area contributed by atoms with E-state index in [-0.39, 0.29) is 18.4 Å². The fourth-order valence-corrected chi connectivity index (χ4v) is 2.40. The molecule has 1 atom stereocenters. The summed E-state index contributed by atoms with van der Waals surface area (Å²) >= 11 is 0. The SMILES string of the molecule is N[C@@H](C(=O)N1CC(=O)Nc2ccccc21)c1ccccc1. The highest BCUT2D eigenvalue weighted by molar-refractivity contribution is 6.11. The Hall–Kier alpha value is -2.66. The van der Waals surface area contributed by atoms with Crippen LogP contribution in [0, 0.1) is 0 Å². The monoisotopic (exact) mass is 281 g/mol. The van der Waals surface area contributed by atoms with E-state index in [1.54, 1.807) is 24.3 Å². The average Bonchev–Trinajstić information content (AvgIpc) is 2.53. The van der Waals surface area contributed by atoms with Gasteiger partial charge in [-0.15, -0.1) is 0 Å². The zero-order chi connectivity index (χ0) is 14.8. The lowest BCUT2D eigenvalue weighted by Gasteiger charge is -2.31. The molecule has 0 radical (unpaired) electrons. The van der Waals surface area contributed by atoms with Crippen LogP contribution in [0.4, 0.5) is 11.4 Å². The fourth-order valence-electron chi connectivity index (χ4n) is 2.40. The van der Waals surface area contributed by atoms with E-state index in [2.05, 4.69) is 5.32 Å². The van der Waals surface area contributed by atoms with Crippen LogP contribution in [0.5, 0.6) is 0 Å². The van der Waals surface area contributed by atoms with E-state index < -0.39 is 6.04 Å². The van der Waals surface area contributed by atoms with Gasteiger partial charge in [-0.1, -0.05) is 42.5 Å². The number of anilines is 2. The van der Waals surface area contributed by atoms with E-state index >= 15 is 0 Å². The lowest BCUT2D eigenvalue weighted by molar-refractivity contribution is -0.122. The molecule has 3 rings (SSSR count). The third kappa shape index (κ3) is 2.51. The van der Waals surface area contributed by atoms with Crippen molar-refractivity contribution in [1.82, 2.24) is 0 Å².